The van der Waals surface area contributed by atoms with Crippen molar-refractivity contribution in [3.8, 4) is 11.1 Å². The van der Waals surface area contributed by atoms with Crippen LogP contribution in [0.5, 0.6) is 0 Å². The predicted molar refractivity (Wildman–Crippen MR) is 124 cm³/mol. The second-order valence-electron chi connectivity index (χ2n) is 7.96. The van der Waals surface area contributed by atoms with E-state index in [-0.39, 0.29) is 34.4 Å². The lowest BCUT2D eigenvalue weighted by molar-refractivity contribution is -0.143. The van der Waals surface area contributed by atoms with Crippen LogP contribution < -0.4 is 10.6 Å². The molecule has 0 aliphatic carbocycles. The second-order valence-corrected chi connectivity index (χ2v) is 7.96. The molecule has 2 N–H and O–H groups in total. The lowest BCUT2D eigenvalue weighted by Gasteiger charge is -2.17. The Kier molecular flexibility index (Phi) is 6.59. The third kappa shape index (κ3) is 5.85. The van der Waals surface area contributed by atoms with Crippen LogP contribution in [0.3, 0.4) is 0 Å². The number of hydrogen-bond donors (Lipinski definition) is 2. The molecular weight excluding hydrogens is 502 g/mol. The van der Waals surface area contributed by atoms with Gasteiger partial charge in [0, 0.05) is 34.6 Å². The Balaban J connectivity index is 1.81. The molecule has 0 saturated carbocycles. The first-order valence-corrected chi connectivity index (χ1v) is 10.5. The molecule has 4 aromatic rings. The number of nitrogens with one attached hydrogen (secondary N) is 2. The number of fused-ring (bicyclic) bond motifs is 1. The fourth-order valence-corrected chi connectivity index (χ4v) is 3.53. The van der Waals surface area contributed by atoms with Gasteiger partial charge in [-0.3, -0.25) is 15.1 Å². The van der Waals surface area contributed by atoms with Gasteiger partial charge in [-0.1, -0.05) is 12.1 Å². The summed E-state index contributed by atoms with van der Waals surface area (Å²) in [5, 5.41) is 5.18. The average Bonchev–Trinajstić information content (AvgIpc) is 2.82. The Morgan fingerprint density at radius 1 is 0.838 bits per heavy atom. The molecule has 0 saturated heterocycles. The zero-order valence-electron chi connectivity index (χ0n) is 18.8. The Labute approximate surface area is 205 Å². The van der Waals surface area contributed by atoms with Gasteiger partial charge in [0.15, 0.2) is 5.78 Å². The van der Waals surface area contributed by atoms with Crippen molar-refractivity contribution < 1.29 is 35.9 Å². The van der Waals surface area contributed by atoms with Gasteiger partial charge in [0.2, 0.25) is 0 Å². The molecule has 190 valence electrons. The zero-order chi connectivity index (χ0) is 27.0. The molecule has 0 bridgehead atoms. The number of pyridine rings is 2. The molecule has 0 unspecified atom stereocenters. The first-order chi connectivity index (χ1) is 17.3. The number of carbonyl (C=O) groups excluding carboxylic acids is 2. The monoisotopic (exact) mass is 518 g/mol. The summed E-state index contributed by atoms with van der Waals surface area (Å²) in [5.74, 6) is -0.535. The highest BCUT2D eigenvalue weighted by Crippen LogP contribution is 2.40. The summed E-state index contributed by atoms with van der Waals surface area (Å²) in [4.78, 5) is 32.4. The predicted octanol–water partition coefficient (Wildman–Crippen LogP) is 7.18. The van der Waals surface area contributed by atoms with Crippen molar-refractivity contribution in [2.75, 3.05) is 10.6 Å². The number of Topliss-reactive ketones (excluding diaryl/α,β-unsaturated/α-hetero) is 1. The number of carbonyl (C=O) groups is 2. The molecule has 2 aromatic carbocycles. The van der Waals surface area contributed by atoms with E-state index >= 15 is 0 Å². The van der Waals surface area contributed by atoms with Crippen LogP contribution in [-0.4, -0.2) is 21.8 Å². The number of aromatic nitrogens is 2. The molecule has 0 atom stereocenters. The Morgan fingerprint density at radius 3 is 2.14 bits per heavy atom. The maximum Gasteiger partial charge on any atom is 0.416 e. The number of anilines is 2. The summed E-state index contributed by atoms with van der Waals surface area (Å²) >= 11 is 0. The fourth-order valence-electron chi connectivity index (χ4n) is 3.53. The van der Waals surface area contributed by atoms with Crippen LogP contribution in [-0.2, 0) is 12.4 Å². The molecule has 6 nitrogen and oxygen atoms in total. The highest BCUT2D eigenvalue weighted by molar-refractivity contribution is 6.04. The Morgan fingerprint density at radius 2 is 1.51 bits per heavy atom. The topological polar surface area (TPSA) is 84.0 Å². The largest absolute Gasteiger partial charge is 0.416 e. The minimum Gasteiger partial charge on any atom is -0.308 e. The van der Waals surface area contributed by atoms with Crippen LogP contribution in [0.15, 0.2) is 67.0 Å². The van der Waals surface area contributed by atoms with Crippen molar-refractivity contribution in [1.29, 1.82) is 0 Å². The highest BCUT2D eigenvalue weighted by atomic mass is 19.4. The average molecular weight is 518 g/mol. The second kappa shape index (κ2) is 9.52. The number of hydrogen-bond acceptors (Lipinski definition) is 4. The van der Waals surface area contributed by atoms with Gasteiger partial charge in [0.25, 0.3) is 0 Å². The molecule has 4 rings (SSSR count). The molecule has 0 aliphatic heterocycles. The fraction of sp³-hybridized carbons (Fsp3) is 0.120. The van der Waals surface area contributed by atoms with E-state index in [1.54, 1.807) is 0 Å². The van der Waals surface area contributed by atoms with Crippen molar-refractivity contribution >= 4 is 34.2 Å². The number of alkyl halides is 6. The van der Waals surface area contributed by atoms with E-state index in [0.717, 1.165) is 0 Å². The van der Waals surface area contributed by atoms with Crippen molar-refractivity contribution in [1.82, 2.24) is 9.97 Å². The molecule has 2 heterocycles. The summed E-state index contributed by atoms with van der Waals surface area (Å²) in [6.45, 7) is 1.34. The number of urea groups is 1. The third-order valence-electron chi connectivity index (χ3n) is 5.27. The van der Waals surface area contributed by atoms with Gasteiger partial charge in [-0.2, -0.15) is 26.3 Å². The lowest BCUT2D eigenvalue weighted by Crippen LogP contribution is -2.21. The number of halogens is 6. The molecule has 0 fully saturated rings. The summed E-state index contributed by atoms with van der Waals surface area (Å²) in [5.41, 5.74) is -2.84. The van der Waals surface area contributed by atoms with E-state index in [4.69, 9.17) is 0 Å². The highest BCUT2D eigenvalue weighted by Gasteiger charge is 2.37. The lowest BCUT2D eigenvalue weighted by atomic mass is 9.98. The smallest absolute Gasteiger partial charge is 0.308 e. The van der Waals surface area contributed by atoms with Gasteiger partial charge in [-0.05, 0) is 55.0 Å². The number of rotatable bonds is 4. The van der Waals surface area contributed by atoms with Gasteiger partial charge < -0.3 is 5.32 Å². The summed E-state index contributed by atoms with van der Waals surface area (Å²) in [6, 6.07) is 8.95. The van der Waals surface area contributed by atoms with E-state index in [0.29, 0.717) is 23.1 Å². The number of amides is 2. The number of nitrogens with zero attached hydrogens (tertiary/aromatic N) is 2. The van der Waals surface area contributed by atoms with E-state index in [1.165, 1.54) is 55.7 Å². The van der Waals surface area contributed by atoms with Crippen molar-refractivity contribution in [3.05, 3.63) is 83.7 Å². The zero-order valence-corrected chi connectivity index (χ0v) is 18.8. The molecule has 12 heteroatoms. The van der Waals surface area contributed by atoms with Gasteiger partial charge in [0.05, 0.1) is 16.6 Å². The van der Waals surface area contributed by atoms with Gasteiger partial charge in [0.1, 0.15) is 5.82 Å². The standard InChI is InChI=1S/C25H16F6N4O2/c1-13(36)14-3-2-4-19(9-14)33-23(37)35-22-20(10-16-12-32-6-5-21(16)34-22)15-7-17(24(26,27)28)11-18(8-15)25(29,30)31/h2-12H,1H3,(H2,33,34,35,37). The SMILES string of the molecule is CC(=O)c1cccc(NC(=O)Nc2nc3ccncc3cc2-c2cc(C(F)(F)F)cc(C(F)(F)F)c2)c1. The minimum absolute atomic E-state index is 0.0152. The van der Waals surface area contributed by atoms with E-state index in [9.17, 15) is 35.9 Å². The van der Waals surface area contributed by atoms with Gasteiger partial charge >= 0.3 is 18.4 Å². The molecule has 2 amide bonds. The van der Waals surface area contributed by atoms with Crippen LogP contribution in [0.25, 0.3) is 22.0 Å². The van der Waals surface area contributed by atoms with Crippen molar-refractivity contribution in [2.24, 2.45) is 0 Å². The summed E-state index contributed by atoms with van der Waals surface area (Å²) in [7, 11) is 0. The van der Waals surface area contributed by atoms with E-state index < -0.39 is 35.1 Å². The quantitative estimate of drug-likeness (QED) is 0.221. The van der Waals surface area contributed by atoms with E-state index in [2.05, 4.69) is 20.6 Å². The third-order valence-corrected chi connectivity index (χ3v) is 5.27. The van der Waals surface area contributed by atoms with Crippen LogP contribution in [0, 0.1) is 0 Å². The van der Waals surface area contributed by atoms with Crippen LogP contribution in [0.2, 0.25) is 0 Å². The molecule has 2 aromatic heterocycles. The van der Waals surface area contributed by atoms with Crippen molar-refractivity contribution in [2.45, 2.75) is 19.3 Å². The van der Waals surface area contributed by atoms with Crippen LogP contribution >= 0.6 is 0 Å². The first kappa shape index (κ1) is 25.6. The number of benzene rings is 2. The Hall–Kier alpha value is -4.48. The maximum absolute atomic E-state index is 13.5. The first-order valence-electron chi connectivity index (χ1n) is 10.5. The van der Waals surface area contributed by atoms with Crippen LogP contribution in [0.4, 0.5) is 42.6 Å². The summed E-state index contributed by atoms with van der Waals surface area (Å²) in [6.07, 6.45) is -7.40. The van der Waals surface area contributed by atoms with Gasteiger partial charge in [-0.25, -0.2) is 9.78 Å². The molecule has 0 aliphatic rings. The van der Waals surface area contributed by atoms with Crippen LogP contribution in [0.1, 0.15) is 28.4 Å². The summed E-state index contributed by atoms with van der Waals surface area (Å²) < 4.78 is 80.7. The molecule has 0 radical (unpaired) electrons. The number of ketones is 1. The minimum atomic E-state index is -5.06. The normalized spacial score (nSPS) is 11.9. The maximum atomic E-state index is 13.5. The molecule has 37 heavy (non-hydrogen) atoms. The Bertz CT molecular complexity index is 1480. The van der Waals surface area contributed by atoms with Crippen molar-refractivity contribution in [3.63, 3.8) is 0 Å². The van der Waals surface area contributed by atoms with Gasteiger partial charge in [-0.15, -0.1) is 0 Å². The van der Waals surface area contributed by atoms with E-state index in [1.807, 2.05) is 0 Å². The molecular formula is C25H16F6N4O2. The molecule has 0 spiro atoms.